The summed E-state index contributed by atoms with van der Waals surface area (Å²) in [5.74, 6) is 1.48. The third-order valence-electron chi connectivity index (χ3n) is 6.60. The summed E-state index contributed by atoms with van der Waals surface area (Å²) in [6.07, 6.45) is 3.21. The number of rotatable bonds is 9. The highest BCUT2D eigenvalue weighted by molar-refractivity contribution is 6.08. The Morgan fingerprint density at radius 1 is 1.15 bits per heavy atom. The van der Waals surface area contributed by atoms with Gasteiger partial charge in [0.05, 0.1) is 12.2 Å². The standard InChI is InChI=1S/C31H37N7O3/c1-20(39)38-13-12-27-26(17-38)30(35-24-10-8-21(9-11-24)23(15-32)16-33)37-29(36-27)22-6-5-7-25(14-22)41-18-28(40)34-19-31(2,3)4/h5-11,14-16,32H,12-13,17-19,33H2,1-4H3,(H,34,40)(H,35,36,37)/b23-16+,32-15?. The first-order valence-corrected chi connectivity index (χ1v) is 13.5. The van der Waals surface area contributed by atoms with Crippen molar-refractivity contribution in [1.29, 1.82) is 5.41 Å². The van der Waals surface area contributed by atoms with Crippen molar-refractivity contribution in [2.45, 2.75) is 40.7 Å². The molecule has 0 spiro atoms. The van der Waals surface area contributed by atoms with Crippen molar-refractivity contribution in [2.75, 3.05) is 25.0 Å². The lowest BCUT2D eigenvalue weighted by molar-refractivity contribution is -0.129. The van der Waals surface area contributed by atoms with E-state index < -0.39 is 0 Å². The minimum Gasteiger partial charge on any atom is -0.484 e. The lowest BCUT2D eigenvalue weighted by Gasteiger charge is -2.29. The number of nitrogens with two attached hydrogens (primary N) is 1. The van der Waals surface area contributed by atoms with Crippen LogP contribution >= 0.6 is 0 Å². The van der Waals surface area contributed by atoms with Crippen molar-refractivity contribution in [3.05, 3.63) is 71.6 Å². The molecule has 0 radical (unpaired) electrons. The number of nitrogens with one attached hydrogen (secondary N) is 3. The first-order chi connectivity index (χ1) is 19.6. The highest BCUT2D eigenvalue weighted by atomic mass is 16.5. The second kappa shape index (κ2) is 12.6. The van der Waals surface area contributed by atoms with Crippen LogP contribution in [-0.2, 0) is 22.6 Å². The average Bonchev–Trinajstić information content (AvgIpc) is 2.96. The lowest BCUT2D eigenvalue weighted by atomic mass is 9.97. The van der Waals surface area contributed by atoms with Gasteiger partial charge in [0.2, 0.25) is 5.91 Å². The maximum atomic E-state index is 12.2. The first kappa shape index (κ1) is 29.3. The van der Waals surface area contributed by atoms with E-state index in [4.69, 9.17) is 25.8 Å². The summed E-state index contributed by atoms with van der Waals surface area (Å²) in [6, 6.07) is 14.9. The third-order valence-corrected chi connectivity index (χ3v) is 6.60. The molecule has 10 nitrogen and oxygen atoms in total. The number of fused-ring (bicyclic) bond motifs is 1. The number of amides is 2. The predicted molar refractivity (Wildman–Crippen MR) is 161 cm³/mol. The van der Waals surface area contributed by atoms with Crippen molar-refractivity contribution < 1.29 is 14.3 Å². The number of allylic oxidation sites excluding steroid dienone is 1. The molecule has 2 heterocycles. The largest absolute Gasteiger partial charge is 0.484 e. The van der Waals surface area contributed by atoms with E-state index in [2.05, 4.69) is 31.4 Å². The van der Waals surface area contributed by atoms with Gasteiger partial charge in [-0.2, -0.15) is 0 Å². The summed E-state index contributed by atoms with van der Waals surface area (Å²) in [5.41, 5.74) is 10.3. The molecule has 2 aromatic carbocycles. The molecule has 0 saturated carbocycles. The number of hydrogen-bond donors (Lipinski definition) is 4. The van der Waals surface area contributed by atoms with Crippen LogP contribution in [0.3, 0.4) is 0 Å². The zero-order valence-corrected chi connectivity index (χ0v) is 24.0. The molecule has 1 aliphatic heterocycles. The minimum absolute atomic E-state index is 0.000776. The molecule has 0 saturated heterocycles. The number of aromatic nitrogens is 2. The first-order valence-electron chi connectivity index (χ1n) is 13.5. The quantitative estimate of drug-likeness (QED) is 0.288. The number of nitrogens with zero attached hydrogens (tertiary/aromatic N) is 3. The summed E-state index contributed by atoms with van der Waals surface area (Å²) in [6.45, 7) is 9.19. The minimum atomic E-state index is -0.183. The Labute approximate surface area is 240 Å². The van der Waals surface area contributed by atoms with Crippen molar-refractivity contribution in [1.82, 2.24) is 20.2 Å². The lowest BCUT2D eigenvalue weighted by Crippen LogP contribution is -2.35. The smallest absolute Gasteiger partial charge is 0.257 e. The average molecular weight is 556 g/mol. The maximum absolute atomic E-state index is 12.2. The Kier molecular flexibility index (Phi) is 9.01. The molecule has 214 valence electrons. The Morgan fingerprint density at radius 3 is 2.56 bits per heavy atom. The molecule has 0 bridgehead atoms. The maximum Gasteiger partial charge on any atom is 0.257 e. The number of hydrogen-bond acceptors (Lipinski definition) is 8. The van der Waals surface area contributed by atoms with Crippen molar-refractivity contribution in [3.63, 3.8) is 0 Å². The van der Waals surface area contributed by atoms with Crippen LogP contribution in [-0.4, -0.2) is 52.6 Å². The van der Waals surface area contributed by atoms with Gasteiger partial charge < -0.3 is 31.4 Å². The fourth-order valence-electron chi connectivity index (χ4n) is 4.31. The molecule has 1 aromatic heterocycles. The van der Waals surface area contributed by atoms with Gasteiger partial charge in [0.15, 0.2) is 12.4 Å². The zero-order chi connectivity index (χ0) is 29.6. The molecule has 10 heteroatoms. The number of carbonyl (C=O) groups excluding carboxylic acids is 2. The Hall–Kier alpha value is -4.73. The number of carbonyl (C=O) groups is 2. The summed E-state index contributed by atoms with van der Waals surface area (Å²) in [5, 5.41) is 13.8. The molecule has 1 aliphatic rings. The van der Waals surface area contributed by atoms with E-state index in [-0.39, 0.29) is 23.8 Å². The predicted octanol–water partition coefficient (Wildman–Crippen LogP) is 4.28. The Bertz CT molecular complexity index is 1460. The summed E-state index contributed by atoms with van der Waals surface area (Å²) >= 11 is 0. The topological polar surface area (TPSA) is 146 Å². The molecule has 0 atom stereocenters. The molecule has 41 heavy (non-hydrogen) atoms. The van der Waals surface area contributed by atoms with Crippen LogP contribution in [0.2, 0.25) is 0 Å². The molecule has 0 aliphatic carbocycles. The van der Waals surface area contributed by atoms with E-state index in [1.807, 2.05) is 42.5 Å². The zero-order valence-electron chi connectivity index (χ0n) is 24.0. The molecular formula is C31H37N7O3. The second-order valence-electron chi connectivity index (χ2n) is 11.1. The highest BCUT2D eigenvalue weighted by Gasteiger charge is 2.24. The molecule has 4 rings (SSSR count). The Balaban J connectivity index is 1.61. The molecule has 2 amide bonds. The highest BCUT2D eigenvalue weighted by Crippen LogP contribution is 2.31. The number of ether oxygens (including phenoxy) is 1. The summed E-state index contributed by atoms with van der Waals surface area (Å²) in [7, 11) is 0. The summed E-state index contributed by atoms with van der Waals surface area (Å²) in [4.78, 5) is 35.9. The van der Waals surface area contributed by atoms with Gasteiger partial charge in [-0.05, 0) is 35.2 Å². The third kappa shape index (κ3) is 7.69. The van der Waals surface area contributed by atoms with Crippen molar-refractivity contribution in [2.24, 2.45) is 11.1 Å². The van der Waals surface area contributed by atoms with Gasteiger partial charge in [0.1, 0.15) is 11.6 Å². The van der Waals surface area contributed by atoms with Crippen LogP contribution in [0, 0.1) is 10.8 Å². The normalized spacial score (nSPS) is 13.3. The molecular weight excluding hydrogens is 518 g/mol. The van der Waals surface area contributed by atoms with Gasteiger partial charge in [0.25, 0.3) is 5.91 Å². The fraction of sp³-hybridized carbons (Fsp3) is 0.323. The van der Waals surface area contributed by atoms with E-state index in [0.29, 0.717) is 49.0 Å². The van der Waals surface area contributed by atoms with Gasteiger partial charge in [-0.3, -0.25) is 9.59 Å². The van der Waals surface area contributed by atoms with Gasteiger partial charge in [-0.25, -0.2) is 9.97 Å². The van der Waals surface area contributed by atoms with Gasteiger partial charge >= 0.3 is 0 Å². The van der Waals surface area contributed by atoms with Gasteiger partial charge in [-0.1, -0.05) is 45.0 Å². The Morgan fingerprint density at radius 2 is 1.90 bits per heavy atom. The van der Waals surface area contributed by atoms with Gasteiger partial charge in [0, 0.05) is 61.2 Å². The van der Waals surface area contributed by atoms with Crippen molar-refractivity contribution >= 4 is 35.1 Å². The van der Waals surface area contributed by atoms with Crippen LogP contribution < -0.4 is 21.1 Å². The number of anilines is 2. The van der Waals surface area contributed by atoms with Crippen LogP contribution in [0.5, 0.6) is 5.75 Å². The van der Waals surface area contributed by atoms with Crippen LogP contribution in [0.1, 0.15) is 44.5 Å². The van der Waals surface area contributed by atoms with E-state index in [0.717, 1.165) is 28.1 Å². The van der Waals surface area contributed by atoms with Gasteiger partial charge in [-0.15, -0.1) is 0 Å². The molecule has 5 N–H and O–H groups in total. The van der Waals surface area contributed by atoms with E-state index in [9.17, 15) is 9.59 Å². The monoisotopic (exact) mass is 555 g/mol. The summed E-state index contributed by atoms with van der Waals surface area (Å²) < 4.78 is 5.77. The molecule has 0 fully saturated rings. The van der Waals surface area contributed by atoms with Crippen LogP contribution in [0.4, 0.5) is 11.5 Å². The van der Waals surface area contributed by atoms with Crippen molar-refractivity contribution in [3.8, 4) is 17.1 Å². The van der Waals surface area contributed by atoms with E-state index in [1.54, 1.807) is 17.9 Å². The van der Waals surface area contributed by atoms with Crippen LogP contribution in [0.25, 0.3) is 17.0 Å². The SMILES string of the molecule is CC(=O)N1CCc2nc(-c3cccc(OCC(=O)NCC(C)(C)C)c3)nc(Nc3ccc(/C(C=N)=C/N)cc3)c2C1. The number of benzene rings is 2. The molecule has 3 aromatic rings. The van der Waals surface area contributed by atoms with E-state index >= 15 is 0 Å². The van der Waals surface area contributed by atoms with Crippen LogP contribution in [0.15, 0.2) is 54.7 Å². The fourth-order valence-corrected chi connectivity index (χ4v) is 4.31. The second-order valence-corrected chi connectivity index (χ2v) is 11.1. The molecule has 0 unspecified atom stereocenters. The van der Waals surface area contributed by atoms with E-state index in [1.165, 1.54) is 12.4 Å².